The van der Waals surface area contributed by atoms with Crippen LogP contribution in [0.2, 0.25) is 0 Å². The van der Waals surface area contributed by atoms with E-state index in [9.17, 15) is 32.4 Å². The minimum absolute atomic E-state index is 0.145. The van der Waals surface area contributed by atoms with Gasteiger partial charge in [-0.3, -0.25) is 23.7 Å². The maximum Gasteiger partial charge on any atom is 0.335 e. The number of hydrogen-bond acceptors (Lipinski definition) is 9. The fourth-order valence-corrected chi connectivity index (χ4v) is 6.68. The van der Waals surface area contributed by atoms with Crippen LogP contribution in [0.3, 0.4) is 0 Å². The standard InChI is InChI=1S/C38H41F2N5O9S/c1-21(2)54-35(48)31(17-22-7-11-24(12-8-22)45-34(47)26-15-16-53-20-32(26)44(6)37(45)50)42-33(46)27-18-29(40)30(19-28(27)39)43-55(51,52)25-13-9-23(10-14-25)41-36(49)38(3,4)5/h7-14,18-19,21,31,43H,15-17,20H2,1-6H3,(H,41,49)(H,42,46)/t31-/m0/s1. The van der Waals surface area contributed by atoms with E-state index < -0.39 is 73.6 Å². The quantitative estimate of drug-likeness (QED) is 0.190. The number of halogens is 2. The van der Waals surface area contributed by atoms with Gasteiger partial charge in [-0.1, -0.05) is 32.9 Å². The second-order valence-corrected chi connectivity index (χ2v) is 15.9. The number of nitrogens with zero attached hydrogens (tertiary/aromatic N) is 2. The molecule has 1 aliphatic heterocycles. The number of hydrogen-bond donors (Lipinski definition) is 3. The van der Waals surface area contributed by atoms with Gasteiger partial charge in [0.2, 0.25) is 5.91 Å². The molecule has 55 heavy (non-hydrogen) atoms. The first-order valence-electron chi connectivity index (χ1n) is 17.2. The lowest BCUT2D eigenvalue weighted by molar-refractivity contribution is -0.149. The molecule has 0 bridgehead atoms. The molecule has 292 valence electrons. The molecule has 1 aliphatic rings. The van der Waals surface area contributed by atoms with Gasteiger partial charge in [-0.15, -0.1) is 0 Å². The summed E-state index contributed by atoms with van der Waals surface area (Å²) in [5.74, 6) is -4.93. The Kier molecular flexibility index (Phi) is 11.8. The predicted molar refractivity (Wildman–Crippen MR) is 199 cm³/mol. The van der Waals surface area contributed by atoms with Crippen LogP contribution >= 0.6 is 0 Å². The Bertz CT molecular complexity index is 2370. The Morgan fingerprint density at radius 3 is 2.24 bits per heavy atom. The van der Waals surface area contributed by atoms with Crippen LogP contribution in [0.25, 0.3) is 5.69 Å². The van der Waals surface area contributed by atoms with E-state index in [0.29, 0.717) is 47.7 Å². The number of nitrogens with one attached hydrogen (secondary N) is 3. The van der Waals surface area contributed by atoms with Crippen LogP contribution in [0, 0.1) is 17.0 Å². The molecule has 4 aromatic rings. The molecule has 14 nitrogen and oxygen atoms in total. The second kappa shape index (κ2) is 16.0. The van der Waals surface area contributed by atoms with Crippen LogP contribution in [0.1, 0.15) is 61.8 Å². The van der Waals surface area contributed by atoms with Crippen molar-refractivity contribution in [2.75, 3.05) is 16.6 Å². The summed E-state index contributed by atoms with van der Waals surface area (Å²) in [6.07, 6.45) is -0.420. The maximum absolute atomic E-state index is 15.3. The van der Waals surface area contributed by atoms with Crippen LogP contribution in [-0.4, -0.2) is 54.1 Å². The van der Waals surface area contributed by atoms with Gasteiger partial charge in [0.25, 0.3) is 21.5 Å². The molecule has 0 saturated heterocycles. The number of ether oxygens (including phenoxy) is 2. The average Bonchev–Trinajstić information content (AvgIpc) is 3.12. The molecule has 1 aromatic heterocycles. The SMILES string of the molecule is CC(C)OC(=O)[C@H](Cc1ccc(-n2c(=O)c3c(n(C)c2=O)COCC3)cc1)NC(=O)c1cc(F)c(NS(=O)(=O)c2ccc(NC(=O)C(C)(C)C)cc2)cc1F. The molecule has 0 unspecified atom stereocenters. The van der Waals surface area contributed by atoms with Gasteiger partial charge < -0.3 is 20.1 Å². The Balaban J connectivity index is 1.33. The van der Waals surface area contributed by atoms with Gasteiger partial charge in [0.15, 0.2) is 0 Å². The molecule has 0 aliphatic carbocycles. The molecule has 1 atom stereocenters. The molecular weight excluding hydrogens is 741 g/mol. The smallest absolute Gasteiger partial charge is 0.335 e. The van der Waals surface area contributed by atoms with Gasteiger partial charge >= 0.3 is 11.7 Å². The summed E-state index contributed by atoms with van der Waals surface area (Å²) in [4.78, 5) is 64.7. The zero-order valence-corrected chi connectivity index (χ0v) is 31.8. The monoisotopic (exact) mass is 781 g/mol. The summed E-state index contributed by atoms with van der Waals surface area (Å²) in [5.41, 5.74) is -1.30. The van der Waals surface area contributed by atoms with Crippen molar-refractivity contribution in [1.82, 2.24) is 14.5 Å². The van der Waals surface area contributed by atoms with Crippen molar-refractivity contribution in [3.05, 3.63) is 116 Å². The topological polar surface area (TPSA) is 184 Å². The highest BCUT2D eigenvalue weighted by Crippen LogP contribution is 2.25. The van der Waals surface area contributed by atoms with Gasteiger partial charge in [0.1, 0.15) is 17.7 Å². The molecule has 0 saturated carbocycles. The van der Waals surface area contributed by atoms with E-state index in [1.54, 1.807) is 53.8 Å². The number of fused-ring (bicyclic) bond motifs is 1. The van der Waals surface area contributed by atoms with Crippen molar-refractivity contribution in [3.63, 3.8) is 0 Å². The van der Waals surface area contributed by atoms with Crippen LogP contribution < -0.4 is 26.6 Å². The van der Waals surface area contributed by atoms with E-state index in [1.807, 2.05) is 4.72 Å². The third kappa shape index (κ3) is 9.17. The van der Waals surface area contributed by atoms with Crippen LogP contribution in [0.15, 0.2) is 75.1 Å². The Morgan fingerprint density at radius 2 is 1.62 bits per heavy atom. The highest BCUT2D eigenvalue weighted by Gasteiger charge is 2.28. The molecule has 0 fully saturated rings. The minimum Gasteiger partial charge on any atom is -0.461 e. The van der Waals surface area contributed by atoms with Crippen molar-refractivity contribution in [2.45, 2.75) is 71.1 Å². The number of carbonyl (C=O) groups excluding carboxylic acids is 3. The summed E-state index contributed by atoms with van der Waals surface area (Å²) in [6, 6.07) is 10.7. The van der Waals surface area contributed by atoms with E-state index in [0.717, 1.165) is 4.57 Å². The van der Waals surface area contributed by atoms with Crippen molar-refractivity contribution in [2.24, 2.45) is 12.5 Å². The Hall–Kier alpha value is -5.68. The number of aromatic nitrogens is 2. The first kappa shape index (κ1) is 40.5. The Morgan fingerprint density at radius 1 is 0.964 bits per heavy atom. The molecule has 17 heteroatoms. The normalized spacial score (nSPS) is 13.5. The first-order chi connectivity index (χ1) is 25.8. The maximum atomic E-state index is 15.3. The van der Waals surface area contributed by atoms with Gasteiger partial charge in [-0.2, -0.15) is 0 Å². The minimum atomic E-state index is -4.44. The second-order valence-electron chi connectivity index (χ2n) is 14.2. The van der Waals surface area contributed by atoms with Gasteiger partial charge in [-0.05, 0) is 61.9 Å². The van der Waals surface area contributed by atoms with Crippen LogP contribution in [0.5, 0.6) is 0 Å². The fraction of sp³-hybridized carbons (Fsp3) is 0.342. The fourth-order valence-electron chi connectivity index (χ4n) is 5.62. The number of benzene rings is 3. The summed E-state index contributed by atoms with van der Waals surface area (Å²) in [6.45, 7) is 8.78. The van der Waals surface area contributed by atoms with Gasteiger partial charge in [0.05, 0.1) is 46.8 Å². The lowest BCUT2D eigenvalue weighted by atomic mass is 9.95. The summed E-state index contributed by atoms with van der Waals surface area (Å²) >= 11 is 0. The molecule has 0 spiro atoms. The largest absolute Gasteiger partial charge is 0.461 e. The number of esters is 1. The van der Waals surface area contributed by atoms with Gasteiger partial charge in [-0.25, -0.2) is 31.4 Å². The summed E-state index contributed by atoms with van der Waals surface area (Å²) in [7, 11) is -2.89. The zero-order valence-electron chi connectivity index (χ0n) is 31.0. The highest BCUT2D eigenvalue weighted by atomic mass is 32.2. The lowest BCUT2D eigenvalue weighted by Crippen LogP contribution is -2.44. The summed E-state index contributed by atoms with van der Waals surface area (Å²) < 4.78 is 71.7. The first-order valence-corrected chi connectivity index (χ1v) is 18.7. The zero-order chi connectivity index (χ0) is 40.4. The van der Waals surface area contributed by atoms with E-state index >= 15 is 8.78 Å². The molecule has 0 radical (unpaired) electrons. The van der Waals surface area contributed by atoms with Crippen molar-refractivity contribution < 1.29 is 41.1 Å². The number of anilines is 2. The van der Waals surface area contributed by atoms with Crippen LogP contribution in [-0.2, 0) is 55.6 Å². The number of rotatable bonds is 11. The lowest BCUT2D eigenvalue weighted by Gasteiger charge is -2.21. The van der Waals surface area contributed by atoms with Crippen molar-refractivity contribution in [1.29, 1.82) is 0 Å². The van der Waals surface area contributed by atoms with Crippen molar-refractivity contribution >= 4 is 39.2 Å². The van der Waals surface area contributed by atoms with E-state index in [2.05, 4.69) is 10.6 Å². The Labute approximate surface area is 315 Å². The van der Waals surface area contributed by atoms with Gasteiger partial charge in [0, 0.05) is 42.6 Å². The van der Waals surface area contributed by atoms with E-state index in [4.69, 9.17) is 9.47 Å². The number of sulfonamides is 1. The molecular formula is C38H41F2N5O9S. The number of carbonyl (C=O) groups is 3. The molecule has 5 rings (SSSR count). The van der Waals surface area contributed by atoms with E-state index in [1.165, 1.54) is 41.0 Å². The predicted octanol–water partition coefficient (Wildman–Crippen LogP) is 3.97. The summed E-state index contributed by atoms with van der Waals surface area (Å²) in [5, 5.41) is 5.03. The number of amides is 2. The third-order valence-corrected chi connectivity index (χ3v) is 10.0. The third-order valence-electron chi connectivity index (χ3n) is 8.65. The van der Waals surface area contributed by atoms with E-state index in [-0.39, 0.29) is 29.5 Å². The highest BCUT2D eigenvalue weighted by molar-refractivity contribution is 7.92. The van der Waals surface area contributed by atoms with Crippen LogP contribution in [0.4, 0.5) is 20.2 Å². The molecule has 2 amide bonds. The molecule has 3 N–H and O–H groups in total. The average molecular weight is 782 g/mol. The molecule has 3 aromatic carbocycles. The molecule has 2 heterocycles. The van der Waals surface area contributed by atoms with Crippen molar-refractivity contribution in [3.8, 4) is 5.69 Å².